The van der Waals surface area contributed by atoms with Gasteiger partial charge in [0, 0.05) is 12.7 Å². The van der Waals surface area contributed by atoms with Gasteiger partial charge in [0.25, 0.3) is 0 Å². The summed E-state index contributed by atoms with van der Waals surface area (Å²) in [4.78, 5) is 0. The zero-order chi connectivity index (χ0) is 13.7. The number of hydrogen-bond acceptors (Lipinski definition) is 4. The summed E-state index contributed by atoms with van der Waals surface area (Å²) < 4.78 is 16.5. The second kappa shape index (κ2) is 6.43. The molecule has 0 bridgehead atoms. The van der Waals surface area contributed by atoms with Crippen LogP contribution in [0.5, 0.6) is 11.5 Å². The van der Waals surface area contributed by atoms with E-state index in [0.29, 0.717) is 23.7 Å². The second-order valence-electron chi connectivity index (χ2n) is 4.58. The number of benzene rings is 1. The molecule has 2 rings (SSSR count). The van der Waals surface area contributed by atoms with Crippen molar-refractivity contribution in [2.24, 2.45) is 5.73 Å². The van der Waals surface area contributed by atoms with Gasteiger partial charge in [0.15, 0.2) is 0 Å². The molecule has 1 atom stereocenters. The molecule has 5 heteroatoms. The molecule has 19 heavy (non-hydrogen) atoms. The van der Waals surface area contributed by atoms with Crippen LogP contribution in [0.15, 0.2) is 18.2 Å². The summed E-state index contributed by atoms with van der Waals surface area (Å²) >= 11 is 0. The Kier molecular flexibility index (Phi) is 4.63. The fourth-order valence-electron chi connectivity index (χ4n) is 2.09. The highest BCUT2D eigenvalue weighted by molar-refractivity contribution is 5.97. The number of rotatable bonds is 5. The van der Waals surface area contributed by atoms with Crippen LogP contribution in [0.4, 0.5) is 0 Å². The summed E-state index contributed by atoms with van der Waals surface area (Å²) in [5.41, 5.74) is 6.13. The second-order valence-corrected chi connectivity index (χ2v) is 4.58. The van der Waals surface area contributed by atoms with Gasteiger partial charge in [0.05, 0.1) is 18.8 Å². The van der Waals surface area contributed by atoms with Gasteiger partial charge in [0.2, 0.25) is 0 Å². The third-order valence-electron chi connectivity index (χ3n) is 3.18. The zero-order valence-electron chi connectivity index (χ0n) is 11.1. The van der Waals surface area contributed by atoms with Crippen molar-refractivity contribution in [1.82, 2.24) is 0 Å². The summed E-state index contributed by atoms with van der Waals surface area (Å²) in [5, 5.41) is 7.55. The smallest absolute Gasteiger partial charge is 0.134 e. The van der Waals surface area contributed by atoms with E-state index in [1.807, 2.05) is 0 Å². The van der Waals surface area contributed by atoms with E-state index in [9.17, 15) is 0 Å². The molecule has 0 saturated carbocycles. The Bertz CT molecular complexity index is 442. The number of amidine groups is 1. The standard InChI is InChI=1S/C14H20N2O3/c1-17-10-5-6-12(14(15)16)13(8-10)19-9-11-4-2-3-7-18-11/h5-6,8,11H,2-4,7,9H2,1H3,(H3,15,16). The van der Waals surface area contributed by atoms with Gasteiger partial charge >= 0.3 is 0 Å². The number of hydrogen-bond donors (Lipinski definition) is 2. The molecule has 1 aromatic rings. The Labute approximate surface area is 113 Å². The first-order valence-corrected chi connectivity index (χ1v) is 6.47. The maximum Gasteiger partial charge on any atom is 0.134 e. The Morgan fingerprint density at radius 3 is 2.95 bits per heavy atom. The van der Waals surface area contributed by atoms with Crippen molar-refractivity contribution >= 4 is 5.84 Å². The van der Waals surface area contributed by atoms with E-state index in [1.165, 1.54) is 6.42 Å². The highest BCUT2D eigenvalue weighted by atomic mass is 16.5. The normalized spacial score (nSPS) is 18.9. The lowest BCUT2D eigenvalue weighted by molar-refractivity contribution is -0.0111. The van der Waals surface area contributed by atoms with Crippen LogP contribution in [0.25, 0.3) is 0 Å². The molecule has 0 radical (unpaired) electrons. The topological polar surface area (TPSA) is 77.6 Å². The third kappa shape index (κ3) is 3.61. The molecule has 0 aliphatic carbocycles. The number of methoxy groups -OCH3 is 1. The van der Waals surface area contributed by atoms with Crippen molar-refractivity contribution in [3.8, 4) is 11.5 Å². The highest BCUT2D eigenvalue weighted by Gasteiger charge is 2.16. The molecule has 5 nitrogen and oxygen atoms in total. The van der Waals surface area contributed by atoms with E-state index in [-0.39, 0.29) is 11.9 Å². The van der Waals surface area contributed by atoms with Crippen molar-refractivity contribution in [3.63, 3.8) is 0 Å². The fourth-order valence-corrected chi connectivity index (χ4v) is 2.09. The van der Waals surface area contributed by atoms with E-state index < -0.39 is 0 Å². The Hall–Kier alpha value is -1.75. The van der Waals surface area contributed by atoms with Gasteiger partial charge < -0.3 is 19.9 Å². The molecule has 1 fully saturated rings. The molecule has 1 unspecified atom stereocenters. The molecule has 1 aliphatic rings. The highest BCUT2D eigenvalue weighted by Crippen LogP contribution is 2.25. The molecule has 0 aromatic heterocycles. The van der Waals surface area contributed by atoms with Crippen molar-refractivity contribution in [3.05, 3.63) is 23.8 Å². The van der Waals surface area contributed by atoms with Gasteiger partial charge in [-0.1, -0.05) is 0 Å². The fraction of sp³-hybridized carbons (Fsp3) is 0.500. The van der Waals surface area contributed by atoms with Crippen LogP contribution < -0.4 is 15.2 Å². The Balaban J connectivity index is 2.06. The number of nitrogen functional groups attached to an aromatic ring is 1. The molecule has 1 aliphatic heterocycles. The minimum Gasteiger partial charge on any atom is -0.497 e. The van der Waals surface area contributed by atoms with Gasteiger partial charge in [-0.2, -0.15) is 0 Å². The van der Waals surface area contributed by atoms with Crippen molar-refractivity contribution in [2.75, 3.05) is 20.3 Å². The molecular formula is C14H20N2O3. The number of nitrogens with two attached hydrogens (primary N) is 1. The maximum absolute atomic E-state index is 7.55. The van der Waals surface area contributed by atoms with Crippen LogP contribution in [-0.4, -0.2) is 32.3 Å². The summed E-state index contributed by atoms with van der Waals surface area (Å²) in [6, 6.07) is 5.25. The third-order valence-corrected chi connectivity index (χ3v) is 3.18. The largest absolute Gasteiger partial charge is 0.497 e. The molecule has 1 aromatic carbocycles. The first kappa shape index (κ1) is 13.7. The van der Waals surface area contributed by atoms with E-state index >= 15 is 0 Å². The van der Waals surface area contributed by atoms with Crippen LogP contribution in [0.3, 0.4) is 0 Å². The van der Waals surface area contributed by atoms with E-state index in [1.54, 1.807) is 25.3 Å². The lowest BCUT2D eigenvalue weighted by atomic mass is 10.1. The van der Waals surface area contributed by atoms with Gasteiger partial charge in [-0.25, -0.2) is 0 Å². The predicted molar refractivity (Wildman–Crippen MR) is 73.1 cm³/mol. The molecule has 0 spiro atoms. The summed E-state index contributed by atoms with van der Waals surface area (Å²) in [6.07, 6.45) is 3.43. The summed E-state index contributed by atoms with van der Waals surface area (Å²) in [5.74, 6) is 1.24. The molecule has 3 N–H and O–H groups in total. The first-order chi connectivity index (χ1) is 9.20. The monoisotopic (exact) mass is 264 g/mol. The van der Waals surface area contributed by atoms with Crippen LogP contribution in [-0.2, 0) is 4.74 Å². The molecule has 0 amide bonds. The summed E-state index contributed by atoms with van der Waals surface area (Å²) in [6.45, 7) is 1.28. The quantitative estimate of drug-likeness (QED) is 0.629. The predicted octanol–water partition coefficient (Wildman–Crippen LogP) is 1.93. The zero-order valence-corrected chi connectivity index (χ0v) is 11.1. The van der Waals surface area contributed by atoms with E-state index in [0.717, 1.165) is 19.4 Å². The average molecular weight is 264 g/mol. The number of ether oxygens (including phenoxy) is 3. The summed E-state index contributed by atoms with van der Waals surface area (Å²) in [7, 11) is 1.59. The molecule has 1 heterocycles. The van der Waals surface area contributed by atoms with Crippen molar-refractivity contribution < 1.29 is 14.2 Å². The van der Waals surface area contributed by atoms with Crippen LogP contribution in [0, 0.1) is 5.41 Å². The number of nitrogens with one attached hydrogen (secondary N) is 1. The Morgan fingerprint density at radius 1 is 1.47 bits per heavy atom. The van der Waals surface area contributed by atoms with Crippen molar-refractivity contribution in [1.29, 1.82) is 5.41 Å². The Morgan fingerprint density at radius 2 is 2.32 bits per heavy atom. The minimum absolute atomic E-state index is 0.0118. The average Bonchev–Trinajstić information content (AvgIpc) is 2.45. The van der Waals surface area contributed by atoms with E-state index in [4.69, 9.17) is 25.4 Å². The lowest BCUT2D eigenvalue weighted by Gasteiger charge is -2.23. The first-order valence-electron chi connectivity index (χ1n) is 6.47. The van der Waals surface area contributed by atoms with Crippen LogP contribution in [0.1, 0.15) is 24.8 Å². The molecule has 1 saturated heterocycles. The van der Waals surface area contributed by atoms with Gasteiger partial charge in [-0.05, 0) is 31.4 Å². The maximum atomic E-state index is 7.55. The van der Waals surface area contributed by atoms with Gasteiger partial charge in [-0.15, -0.1) is 0 Å². The van der Waals surface area contributed by atoms with Crippen LogP contribution >= 0.6 is 0 Å². The van der Waals surface area contributed by atoms with Crippen molar-refractivity contribution in [2.45, 2.75) is 25.4 Å². The lowest BCUT2D eigenvalue weighted by Crippen LogP contribution is -2.26. The van der Waals surface area contributed by atoms with Gasteiger partial charge in [-0.3, -0.25) is 5.41 Å². The van der Waals surface area contributed by atoms with E-state index in [2.05, 4.69) is 0 Å². The molecular weight excluding hydrogens is 244 g/mol. The SMILES string of the molecule is COc1ccc(C(=N)N)c(OCC2CCCCO2)c1. The van der Waals surface area contributed by atoms with Crippen LogP contribution in [0.2, 0.25) is 0 Å². The minimum atomic E-state index is -0.0118. The van der Waals surface area contributed by atoms with Gasteiger partial charge in [0.1, 0.15) is 23.9 Å². The molecule has 104 valence electrons.